The van der Waals surface area contributed by atoms with Crippen molar-refractivity contribution in [2.75, 3.05) is 33.3 Å². The highest BCUT2D eigenvalue weighted by Gasteiger charge is 2.34. The maximum absolute atomic E-state index is 12.7. The molecule has 21 heavy (non-hydrogen) atoms. The summed E-state index contributed by atoms with van der Waals surface area (Å²) in [6.45, 7) is 3.32. The van der Waals surface area contributed by atoms with E-state index in [0.29, 0.717) is 12.5 Å². The molecule has 4 nitrogen and oxygen atoms in total. The smallest absolute Gasteiger partial charge is 0.256 e. The number of amides is 1. The van der Waals surface area contributed by atoms with E-state index in [1.807, 2.05) is 30.1 Å². The number of ether oxygens (including phenoxy) is 1. The number of likely N-dealkylation sites (tertiary alicyclic amines) is 1. The molecule has 1 aromatic rings. The van der Waals surface area contributed by atoms with Crippen LogP contribution in [0.4, 0.5) is 0 Å². The van der Waals surface area contributed by atoms with E-state index in [1.54, 1.807) is 0 Å². The first-order valence-corrected chi connectivity index (χ1v) is 7.42. The van der Waals surface area contributed by atoms with Crippen LogP contribution in [0.25, 0.3) is 0 Å². The minimum atomic E-state index is -0.395. The third kappa shape index (κ3) is 3.39. The second-order valence-electron chi connectivity index (χ2n) is 5.70. The van der Waals surface area contributed by atoms with Crippen molar-refractivity contribution in [1.29, 1.82) is 0 Å². The monoisotopic (exact) mass is 310 g/mol. The Labute approximate surface area is 132 Å². The van der Waals surface area contributed by atoms with Crippen LogP contribution in [0.1, 0.15) is 23.7 Å². The summed E-state index contributed by atoms with van der Waals surface area (Å²) >= 11 is 0. The van der Waals surface area contributed by atoms with Crippen LogP contribution in [-0.2, 0) is 16.0 Å². The Morgan fingerprint density at radius 2 is 2.24 bits per heavy atom. The normalized spacial score (nSPS) is 24.3. The Morgan fingerprint density at radius 3 is 3.05 bits per heavy atom. The van der Waals surface area contributed by atoms with Gasteiger partial charge in [-0.3, -0.25) is 4.79 Å². The average molecular weight is 311 g/mol. The van der Waals surface area contributed by atoms with E-state index in [4.69, 9.17) is 4.74 Å². The van der Waals surface area contributed by atoms with E-state index in [0.717, 1.165) is 38.0 Å². The molecule has 1 amide bonds. The molecule has 0 bridgehead atoms. The van der Waals surface area contributed by atoms with Crippen LogP contribution in [0.2, 0.25) is 0 Å². The van der Waals surface area contributed by atoms with Gasteiger partial charge in [-0.1, -0.05) is 24.3 Å². The molecule has 1 N–H and O–H groups in total. The maximum Gasteiger partial charge on any atom is 0.256 e. The SMILES string of the molecule is CNCC1CCN(C(=O)C2OCCc3ccccc32)C1.Cl. The standard InChI is InChI=1S/C16H22N2O2.ClH/c1-17-10-12-6-8-18(11-12)16(19)15-14-5-3-2-4-13(14)7-9-20-15;/h2-5,12,15,17H,6-11H2,1H3;1H. The van der Waals surface area contributed by atoms with Crippen LogP contribution in [0.5, 0.6) is 0 Å². The Kier molecular flexibility index (Phi) is 5.62. The van der Waals surface area contributed by atoms with Crippen molar-refractivity contribution >= 4 is 18.3 Å². The highest BCUT2D eigenvalue weighted by atomic mass is 35.5. The number of rotatable bonds is 3. The van der Waals surface area contributed by atoms with Gasteiger partial charge >= 0.3 is 0 Å². The van der Waals surface area contributed by atoms with Crippen LogP contribution in [0, 0.1) is 5.92 Å². The third-order valence-corrected chi connectivity index (χ3v) is 4.31. The summed E-state index contributed by atoms with van der Waals surface area (Å²) in [5.41, 5.74) is 2.31. The van der Waals surface area contributed by atoms with Gasteiger partial charge in [0.05, 0.1) is 6.61 Å². The number of carbonyl (C=O) groups excluding carboxylic acids is 1. The molecule has 116 valence electrons. The zero-order chi connectivity index (χ0) is 13.9. The van der Waals surface area contributed by atoms with Crippen molar-refractivity contribution in [3.8, 4) is 0 Å². The van der Waals surface area contributed by atoms with Crippen molar-refractivity contribution in [1.82, 2.24) is 10.2 Å². The number of fused-ring (bicyclic) bond motifs is 1. The van der Waals surface area contributed by atoms with Crippen LogP contribution in [-0.4, -0.2) is 44.1 Å². The molecule has 1 fully saturated rings. The van der Waals surface area contributed by atoms with Crippen molar-refractivity contribution < 1.29 is 9.53 Å². The lowest BCUT2D eigenvalue weighted by Gasteiger charge is -2.28. The molecule has 2 aliphatic rings. The predicted octanol–water partition coefficient (Wildman–Crippen LogP) is 1.79. The van der Waals surface area contributed by atoms with E-state index in [9.17, 15) is 4.79 Å². The van der Waals surface area contributed by atoms with Crippen molar-refractivity contribution in [3.63, 3.8) is 0 Å². The molecule has 2 unspecified atom stereocenters. The van der Waals surface area contributed by atoms with E-state index < -0.39 is 6.10 Å². The molecular weight excluding hydrogens is 288 g/mol. The molecular formula is C16H23ClN2O2. The summed E-state index contributed by atoms with van der Waals surface area (Å²) in [6.07, 6.45) is 1.59. The number of carbonyl (C=O) groups is 1. The third-order valence-electron chi connectivity index (χ3n) is 4.31. The van der Waals surface area contributed by atoms with Crippen LogP contribution < -0.4 is 5.32 Å². The number of benzene rings is 1. The lowest BCUT2D eigenvalue weighted by atomic mass is 9.97. The summed E-state index contributed by atoms with van der Waals surface area (Å²) in [7, 11) is 1.96. The quantitative estimate of drug-likeness (QED) is 0.925. The van der Waals surface area contributed by atoms with Gasteiger partial charge in [-0.15, -0.1) is 12.4 Å². The molecule has 3 rings (SSSR count). The molecule has 0 spiro atoms. The fourth-order valence-electron chi connectivity index (χ4n) is 3.25. The fourth-order valence-corrected chi connectivity index (χ4v) is 3.25. The Balaban J connectivity index is 0.00000161. The second kappa shape index (κ2) is 7.25. The number of nitrogens with one attached hydrogen (secondary N) is 1. The Morgan fingerprint density at radius 1 is 1.43 bits per heavy atom. The van der Waals surface area contributed by atoms with Gasteiger partial charge in [-0.2, -0.15) is 0 Å². The molecule has 2 atom stereocenters. The van der Waals surface area contributed by atoms with Crippen LogP contribution in [0.3, 0.4) is 0 Å². The summed E-state index contributed by atoms with van der Waals surface area (Å²) in [4.78, 5) is 14.7. The minimum absolute atomic E-state index is 0. The minimum Gasteiger partial charge on any atom is -0.363 e. The molecule has 1 aromatic carbocycles. The van der Waals surface area contributed by atoms with Gasteiger partial charge in [0.1, 0.15) is 0 Å². The highest BCUT2D eigenvalue weighted by molar-refractivity contribution is 5.85. The summed E-state index contributed by atoms with van der Waals surface area (Å²) in [6, 6.07) is 8.15. The first kappa shape index (κ1) is 16.3. The van der Waals surface area contributed by atoms with Crippen molar-refractivity contribution in [3.05, 3.63) is 35.4 Å². The van der Waals surface area contributed by atoms with E-state index in [2.05, 4.69) is 11.4 Å². The molecule has 0 radical (unpaired) electrons. The van der Waals surface area contributed by atoms with Crippen molar-refractivity contribution in [2.24, 2.45) is 5.92 Å². The summed E-state index contributed by atoms with van der Waals surface area (Å²) < 4.78 is 5.77. The predicted molar refractivity (Wildman–Crippen MR) is 84.7 cm³/mol. The van der Waals surface area contributed by atoms with Gasteiger partial charge in [0.15, 0.2) is 6.10 Å². The van der Waals surface area contributed by atoms with Gasteiger partial charge in [-0.25, -0.2) is 0 Å². The molecule has 0 saturated carbocycles. The van der Waals surface area contributed by atoms with Gasteiger partial charge < -0.3 is 15.0 Å². The molecule has 2 aliphatic heterocycles. The first-order chi connectivity index (χ1) is 9.79. The lowest BCUT2D eigenvalue weighted by Crippen LogP contribution is -2.37. The summed E-state index contributed by atoms with van der Waals surface area (Å²) in [5.74, 6) is 0.707. The Bertz CT molecular complexity index is 495. The number of nitrogens with zero attached hydrogens (tertiary/aromatic N) is 1. The van der Waals surface area contributed by atoms with Gasteiger partial charge in [-0.05, 0) is 43.5 Å². The molecule has 1 saturated heterocycles. The van der Waals surface area contributed by atoms with Crippen molar-refractivity contribution in [2.45, 2.75) is 18.9 Å². The van der Waals surface area contributed by atoms with Gasteiger partial charge in [0, 0.05) is 13.1 Å². The largest absolute Gasteiger partial charge is 0.363 e. The first-order valence-electron chi connectivity index (χ1n) is 7.42. The number of hydrogen-bond donors (Lipinski definition) is 1. The van der Waals surface area contributed by atoms with Gasteiger partial charge in [0.25, 0.3) is 5.91 Å². The van der Waals surface area contributed by atoms with Crippen LogP contribution >= 0.6 is 12.4 Å². The van der Waals surface area contributed by atoms with E-state index >= 15 is 0 Å². The molecule has 0 aliphatic carbocycles. The Hall–Kier alpha value is -1.10. The zero-order valence-electron chi connectivity index (χ0n) is 12.4. The number of hydrogen-bond acceptors (Lipinski definition) is 3. The average Bonchev–Trinajstić information content (AvgIpc) is 2.95. The fraction of sp³-hybridized carbons (Fsp3) is 0.562. The molecule has 2 heterocycles. The molecule has 5 heteroatoms. The van der Waals surface area contributed by atoms with E-state index in [-0.39, 0.29) is 18.3 Å². The maximum atomic E-state index is 12.7. The second-order valence-corrected chi connectivity index (χ2v) is 5.70. The lowest BCUT2D eigenvalue weighted by molar-refractivity contribution is -0.144. The van der Waals surface area contributed by atoms with Gasteiger partial charge in [0.2, 0.25) is 0 Å². The topological polar surface area (TPSA) is 41.6 Å². The summed E-state index contributed by atoms with van der Waals surface area (Å²) in [5, 5.41) is 3.20. The molecule has 0 aromatic heterocycles. The van der Waals surface area contributed by atoms with E-state index in [1.165, 1.54) is 5.56 Å². The zero-order valence-corrected chi connectivity index (χ0v) is 13.2. The highest BCUT2D eigenvalue weighted by Crippen LogP contribution is 2.30. The number of halogens is 1. The van der Waals surface area contributed by atoms with Crippen LogP contribution in [0.15, 0.2) is 24.3 Å².